The van der Waals surface area contributed by atoms with E-state index in [1.807, 2.05) is 18.7 Å². The summed E-state index contributed by atoms with van der Waals surface area (Å²) >= 11 is 0. The molecule has 0 saturated heterocycles. The molecule has 0 spiro atoms. The molecular formula is C12H23N3. The van der Waals surface area contributed by atoms with Gasteiger partial charge in [0.25, 0.3) is 0 Å². The van der Waals surface area contributed by atoms with Crippen molar-refractivity contribution in [2.75, 3.05) is 13.1 Å². The molecule has 0 aliphatic rings. The predicted octanol–water partition coefficient (Wildman–Crippen LogP) is 2.33. The fourth-order valence-electron chi connectivity index (χ4n) is 1.67. The quantitative estimate of drug-likeness (QED) is 0.779. The molecular weight excluding hydrogens is 186 g/mol. The zero-order valence-electron chi connectivity index (χ0n) is 10.3. The van der Waals surface area contributed by atoms with Crippen molar-refractivity contribution in [2.24, 2.45) is 11.8 Å². The van der Waals surface area contributed by atoms with Crippen LogP contribution in [0, 0.1) is 11.8 Å². The highest BCUT2D eigenvalue weighted by Crippen LogP contribution is 2.15. The van der Waals surface area contributed by atoms with Gasteiger partial charge in [0.2, 0.25) is 0 Å². The molecule has 0 saturated carbocycles. The summed E-state index contributed by atoms with van der Waals surface area (Å²) in [4.78, 5) is 4.10. The zero-order chi connectivity index (χ0) is 11.3. The third kappa shape index (κ3) is 4.04. The van der Waals surface area contributed by atoms with Crippen molar-refractivity contribution in [1.29, 1.82) is 0 Å². The maximum Gasteiger partial charge on any atom is 0.0949 e. The topological polar surface area (TPSA) is 29.9 Å². The maximum atomic E-state index is 4.10. The second-order valence-electron chi connectivity index (χ2n) is 4.87. The van der Waals surface area contributed by atoms with E-state index in [4.69, 9.17) is 0 Å². The summed E-state index contributed by atoms with van der Waals surface area (Å²) in [6.45, 7) is 11.1. The molecule has 1 heterocycles. The minimum atomic E-state index is 0.506. The smallest absolute Gasteiger partial charge is 0.0949 e. The second kappa shape index (κ2) is 5.91. The predicted molar refractivity (Wildman–Crippen MR) is 63.8 cm³/mol. The molecule has 1 aromatic heterocycles. The molecule has 0 fully saturated rings. The first-order chi connectivity index (χ1) is 7.11. The lowest BCUT2D eigenvalue weighted by atomic mass is 10.0. The molecule has 1 unspecified atom stereocenters. The Morgan fingerprint density at radius 2 is 1.93 bits per heavy atom. The van der Waals surface area contributed by atoms with Crippen molar-refractivity contribution < 1.29 is 0 Å². The maximum absolute atomic E-state index is 4.10. The van der Waals surface area contributed by atoms with Crippen LogP contribution < -0.4 is 5.32 Å². The Morgan fingerprint density at radius 1 is 1.20 bits per heavy atom. The number of aromatic nitrogens is 2. The van der Waals surface area contributed by atoms with Crippen LogP contribution >= 0.6 is 0 Å². The second-order valence-corrected chi connectivity index (χ2v) is 4.87. The Morgan fingerprint density at radius 3 is 2.40 bits per heavy atom. The van der Waals surface area contributed by atoms with E-state index in [0.717, 1.165) is 13.1 Å². The van der Waals surface area contributed by atoms with E-state index < -0.39 is 0 Å². The Labute approximate surface area is 92.9 Å². The summed E-state index contributed by atoms with van der Waals surface area (Å²) in [6, 6.07) is 0.506. The van der Waals surface area contributed by atoms with Gasteiger partial charge >= 0.3 is 0 Å². The molecule has 0 bridgehead atoms. The number of nitrogens with zero attached hydrogens (tertiary/aromatic N) is 2. The largest absolute Gasteiger partial charge is 0.333 e. The zero-order valence-corrected chi connectivity index (χ0v) is 10.3. The highest BCUT2D eigenvalue weighted by Gasteiger charge is 2.14. The van der Waals surface area contributed by atoms with Gasteiger partial charge in [-0.2, -0.15) is 0 Å². The van der Waals surface area contributed by atoms with Gasteiger partial charge in [-0.1, -0.05) is 27.7 Å². The van der Waals surface area contributed by atoms with E-state index in [0.29, 0.717) is 17.9 Å². The first-order valence-corrected chi connectivity index (χ1v) is 5.79. The summed E-state index contributed by atoms with van der Waals surface area (Å²) in [5.41, 5.74) is 0. The van der Waals surface area contributed by atoms with Crippen LogP contribution in [-0.4, -0.2) is 22.6 Å². The van der Waals surface area contributed by atoms with Crippen LogP contribution in [0.4, 0.5) is 0 Å². The van der Waals surface area contributed by atoms with Crippen molar-refractivity contribution in [3.8, 4) is 0 Å². The van der Waals surface area contributed by atoms with Gasteiger partial charge in [-0.3, -0.25) is 0 Å². The monoisotopic (exact) mass is 209 g/mol. The highest BCUT2D eigenvalue weighted by molar-refractivity contribution is 4.83. The van der Waals surface area contributed by atoms with Gasteiger partial charge in [0, 0.05) is 25.0 Å². The summed E-state index contributed by atoms with van der Waals surface area (Å²) in [5.74, 6) is 1.33. The number of rotatable bonds is 6. The Balaban J connectivity index is 2.45. The van der Waals surface area contributed by atoms with Crippen molar-refractivity contribution in [3.05, 3.63) is 18.7 Å². The van der Waals surface area contributed by atoms with Crippen LogP contribution in [0.3, 0.4) is 0 Å². The van der Waals surface area contributed by atoms with Crippen LogP contribution in [0.15, 0.2) is 18.7 Å². The lowest BCUT2D eigenvalue weighted by molar-refractivity contribution is 0.349. The van der Waals surface area contributed by atoms with E-state index in [2.05, 4.69) is 42.6 Å². The number of imidazole rings is 1. The molecule has 0 amide bonds. The molecule has 1 N–H and O–H groups in total. The third-order valence-electron chi connectivity index (χ3n) is 2.58. The van der Waals surface area contributed by atoms with E-state index in [1.165, 1.54) is 0 Å². The minimum Gasteiger partial charge on any atom is -0.333 e. The Bertz CT molecular complexity index is 252. The summed E-state index contributed by atoms with van der Waals surface area (Å²) in [6.07, 6.45) is 5.79. The first kappa shape index (κ1) is 12.2. The van der Waals surface area contributed by atoms with Gasteiger partial charge in [-0.05, 0) is 18.4 Å². The summed E-state index contributed by atoms with van der Waals surface area (Å²) in [7, 11) is 0. The Hall–Kier alpha value is -0.830. The summed E-state index contributed by atoms with van der Waals surface area (Å²) < 4.78 is 2.19. The molecule has 86 valence electrons. The van der Waals surface area contributed by atoms with Gasteiger partial charge in [-0.15, -0.1) is 0 Å². The standard InChI is InChI=1S/C12H23N3/c1-10(2)7-14-8-12(11(3)4)15-6-5-13-9-15/h5-6,9-12,14H,7-8H2,1-4H3. The molecule has 1 atom stereocenters. The molecule has 1 rings (SSSR count). The van der Waals surface area contributed by atoms with Crippen LogP contribution in [0.1, 0.15) is 33.7 Å². The Kier molecular flexibility index (Phi) is 4.82. The third-order valence-corrected chi connectivity index (χ3v) is 2.58. The SMILES string of the molecule is CC(C)CNCC(C(C)C)n1ccnc1. The van der Waals surface area contributed by atoms with Gasteiger partial charge in [-0.25, -0.2) is 4.98 Å². The van der Waals surface area contributed by atoms with Crippen LogP contribution in [0.5, 0.6) is 0 Å². The summed E-state index contributed by atoms with van der Waals surface area (Å²) in [5, 5.41) is 3.51. The highest BCUT2D eigenvalue weighted by atomic mass is 15.1. The fraction of sp³-hybridized carbons (Fsp3) is 0.750. The van der Waals surface area contributed by atoms with Crippen molar-refractivity contribution in [3.63, 3.8) is 0 Å². The average molecular weight is 209 g/mol. The van der Waals surface area contributed by atoms with Crippen molar-refractivity contribution in [2.45, 2.75) is 33.7 Å². The lowest BCUT2D eigenvalue weighted by Crippen LogP contribution is -2.30. The van der Waals surface area contributed by atoms with Crippen LogP contribution in [-0.2, 0) is 0 Å². The normalized spacial score (nSPS) is 13.7. The molecule has 0 radical (unpaired) electrons. The van der Waals surface area contributed by atoms with E-state index in [9.17, 15) is 0 Å². The first-order valence-electron chi connectivity index (χ1n) is 5.79. The number of hydrogen-bond acceptors (Lipinski definition) is 2. The molecule has 3 heteroatoms. The molecule has 0 aromatic carbocycles. The molecule has 0 aliphatic carbocycles. The van der Waals surface area contributed by atoms with Crippen LogP contribution in [0.25, 0.3) is 0 Å². The molecule has 15 heavy (non-hydrogen) atoms. The van der Waals surface area contributed by atoms with E-state index >= 15 is 0 Å². The number of hydrogen-bond donors (Lipinski definition) is 1. The van der Waals surface area contributed by atoms with Gasteiger partial charge < -0.3 is 9.88 Å². The van der Waals surface area contributed by atoms with E-state index in [1.54, 1.807) is 0 Å². The fourth-order valence-corrected chi connectivity index (χ4v) is 1.67. The molecule has 1 aromatic rings. The van der Waals surface area contributed by atoms with Gasteiger partial charge in [0.05, 0.1) is 6.33 Å². The van der Waals surface area contributed by atoms with E-state index in [-0.39, 0.29) is 0 Å². The molecule has 0 aliphatic heterocycles. The minimum absolute atomic E-state index is 0.506. The number of nitrogens with one attached hydrogen (secondary N) is 1. The molecule has 3 nitrogen and oxygen atoms in total. The van der Waals surface area contributed by atoms with Crippen molar-refractivity contribution in [1.82, 2.24) is 14.9 Å². The van der Waals surface area contributed by atoms with Crippen molar-refractivity contribution >= 4 is 0 Å². The van der Waals surface area contributed by atoms with Gasteiger partial charge in [0.15, 0.2) is 0 Å². The van der Waals surface area contributed by atoms with Gasteiger partial charge in [0.1, 0.15) is 0 Å². The average Bonchev–Trinajstić information content (AvgIpc) is 2.63. The van der Waals surface area contributed by atoms with Crippen LogP contribution in [0.2, 0.25) is 0 Å². The lowest BCUT2D eigenvalue weighted by Gasteiger charge is -2.23.